The predicted octanol–water partition coefficient (Wildman–Crippen LogP) is 2.79. The van der Waals surface area contributed by atoms with Crippen LogP contribution in [0.1, 0.15) is 70.8 Å². The first-order chi connectivity index (χ1) is 13.7. The molecule has 1 aromatic heterocycles. The van der Waals surface area contributed by atoms with Gasteiger partial charge in [-0.2, -0.15) is 0 Å². The first-order valence-electron chi connectivity index (χ1n) is 9.61. The van der Waals surface area contributed by atoms with E-state index >= 15 is 0 Å². The summed E-state index contributed by atoms with van der Waals surface area (Å²) in [5, 5.41) is 5.71. The van der Waals surface area contributed by atoms with Crippen molar-refractivity contribution in [2.45, 2.75) is 52.1 Å². The van der Waals surface area contributed by atoms with Gasteiger partial charge >= 0.3 is 5.97 Å². The number of hydrogen-bond acceptors (Lipinski definition) is 5. The third kappa shape index (κ3) is 4.64. The lowest BCUT2D eigenvalue weighted by molar-refractivity contribution is 0.0600. The van der Waals surface area contributed by atoms with Gasteiger partial charge in [0.25, 0.3) is 11.8 Å². The molecular formula is C21H26N4O4. The number of hydrogen-bond donors (Lipinski definition) is 2. The molecule has 0 unspecified atom stereocenters. The third-order valence-electron chi connectivity index (χ3n) is 4.59. The minimum atomic E-state index is -0.445. The van der Waals surface area contributed by atoms with E-state index in [9.17, 15) is 14.4 Å². The average Bonchev–Trinajstić information content (AvgIpc) is 3.07. The predicted molar refractivity (Wildman–Crippen MR) is 108 cm³/mol. The van der Waals surface area contributed by atoms with E-state index in [1.807, 2.05) is 25.3 Å². The van der Waals surface area contributed by atoms with E-state index in [-0.39, 0.29) is 11.7 Å². The quantitative estimate of drug-likeness (QED) is 0.771. The molecule has 2 N–H and O–H groups in total. The second kappa shape index (κ2) is 8.06. The van der Waals surface area contributed by atoms with E-state index in [1.165, 1.54) is 7.11 Å². The molecule has 8 nitrogen and oxygen atoms in total. The maximum atomic E-state index is 12.9. The molecule has 0 aliphatic carbocycles. The normalized spacial score (nSPS) is 13.4. The van der Waals surface area contributed by atoms with Gasteiger partial charge in [0.15, 0.2) is 5.82 Å². The number of carbonyl (C=O) groups is 3. The molecule has 8 heteroatoms. The Bertz CT molecular complexity index is 939. The van der Waals surface area contributed by atoms with Gasteiger partial charge in [0.1, 0.15) is 5.69 Å². The molecule has 1 aromatic carbocycles. The van der Waals surface area contributed by atoms with Crippen LogP contribution in [-0.2, 0) is 17.7 Å². The summed E-state index contributed by atoms with van der Waals surface area (Å²) in [5.74, 6) is -0.895. The monoisotopic (exact) mass is 398 g/mol. The van der Waals surface area contributed by atoms with Crippen LogP contribution in [0.4, 0.5) is 5.69 Å². The molecule has 2 heterocycles. The summed E-state index contributed by atoms with van der Waals surface area (Å²) in [6.45, 7) is 6.35. The number of amides is 2. The van der Waals surface area contributed by atoms with Crippen LogP contribution in [0, 0.1) is 0 Å². The van der Waals surface area contributed by atoms with Crippen molar-refractivity contribution >= 4 is 23.5 Å². The lowest BCUT2D eigenvalue weighted by Crippen LogP contribution is -2.41. The zero-order valence-corrected chi connectivity index (χ0v) is 17.2. The number of methoxy groups -OCH3 is 1. The van der Waals surface area contributed by atoms with Crippen LogP contribution in [0.5, 0.6) is 0 Å². The van der Waals surface area contributed by atoms with Crippen molar-refractivity contribution in [3.63, 3.8) is 0 Å². The summed E-state index contributed by atoms with van der Waals surface area (Å²) >= 11 is 0. The van der Waals surface area contributed by atoms with Gasteiger partial charge in [-0.05, 0) is 64.3 Å². The van der Waals surface area contributed by atoms with Crippen LogP contribution in [0.15, 0.2) is 24.3 Å². The number of benzene rings is 1. The van der Waals surface area contributed by atoms with Crippen molar-refractivity contribution in [3.05, 3.63) is 47.0 Å². The zero-order valence-electron chi connectivity index (χ0n) is 17.2. The van der Waals surface area contributed by atoms with Gasteiger partial charge in [-0.3, -0.25) is 9.59 Å². The van der Waals surface area contributed by atoms with Crippen molar-refractivity contribution in [2.24, 2.45) is 0 Å². The lowest BCUT2D eigenvalue weighted by atomic mass is 10.1. The van der Waals surface area contributed by atoms with Crippen LogP contribution in [0.25, 0.3) is 0 Å². The molecule has 3 rings (SSSR count). The maximum Gasteiger partial charge on any atom is 0.337 e. The Hall–Kier alpha value is -3.16. The fourth-order valence-electron chi connectivity index (χ4n) is 3.29. The number of anilines is 1. The van der Waals surface area contributed by atoms with Gasteiger partial charge < -0.3 is 19.9 Å². The number of fused-ring (bicyclic) bond motifs is 1. The van der Waals surface area contributed by atoms with Crippen LogP contribution in [0.3, 0.4) is 0 Å². The van der Waals surface area contributed by atoms with Gasteiger partial charge in [-0.1, -0.05) is 0 Å². The third-order valence-corrected chi connectivity index (χ3v) is 4.59. The summed E-state index contributed by atoms with van der Waals surface area (Å²) in [6, 6.07) is 6.39. The molecule has 0 radical (unpaired) electrons. The van der Waals surface area contributed by atoms with Crippen molar-refractivity contribution in [1.82, 2.24) is 14.9 Å². The van der Waals surface area contributed by atoms with E-state index in [0.717, 1.165) is 18.5 Å². The molecule has 1 aliphatic rings. The molecule has 2 amide bonds. The summed E-state index contributed by atoms with van der Waals surface area (Å²) in [4.78, 5) is 41.5. The second-order valence-corrected chi connectivity index (χ2v) is 8.07. The number of nitrogens with one attached hydrogen (secondary N) is 2. The smallest absolute Gasteiger partial charge is 0.337 e. The van der Waals surface area contributed by atoms with Gasteiger partial charge in [0.2, 0.25) is 0 Å². The van der Waals surface area contributed by atoms with Gasteiger partial charge in [-0.25, -0.2) is 9.78 Å². The molecule has 0 saturated carbocycles. The number of imidazole rings is 1. The molecule has 0 fully saturated rings. The molecule has 2 aromatic rings. The molecule has 0 spiro atoms. The van der Waals surface area contributed by atoms with E-state index in [4.69, 9.17) is 0 Å². The van der Waals surface area contributed by atoms with Crippen LogP contribution < -0.4 is 10.6 Å². The van der Waals surface area contributed by atoms with E-state index < -0.39 is 17.4 Å². The molecule has 0 saturated heterocycles. The van der Waals surface area contributed by atoms with Crippen LogP contribution in [-0.4, -0.2) is 40.0 Å². The maximum absolute atomic E-state index is 12.9. The minimum Gasteiger partial charge on any atom is -0.465 e. The van der Waals surface area contributed by atoms with Crippen molar-refractivity contribution < 1.29 is 19.1 Å². The highest BCUT2D eigenvalue weighted by molar-refractivity contribution is 6.04. The molecule has 29 heavy (non-hydrogen) atoms. The number of carbonyl (C=O) groups excluding carboxylic acids is 3. The van der Waals surface area contributed by atoms with Crippen molar-refractivity contribution in [1.29, 1.82) is 0 Å². The van der Waals surface area contributed by atoms with E-state index in [0.29, 0.717) is 29.9 Å². The van der Waals surface area contributed by atoms with Crippen molar-refractivity contribution in [3.8, 4) is 0 Å². The number of esters is 1. The summed E-state index contributed by atoms with van der Waals surface area (Å²) in [6.07, 6.45) is 2.59. The molecule has 0 bridgehead atoms. The molecule has 1 aliphatic heterocycles. The first kappa shape index (κ1) is 20.6. The van der Waals surface area contributed by atoms with Gasteiger partial charge in [-0.15, -0.1) is 0 Å². The summed E-state index contributed by atoms with van der Waals surface area (Å²) < 4.78 is 6.50. The Morgan fingerprint density at radius 3 is 2.38 bits per heavy atom. The largest absolute Gasteiger partial charge is 0.465 e. The van der Waals surface area contributed by atoms with Crippen LogP contribution >= 0.6 is 0 Å². The average molecular weight is 398 g/mol. The fourth-order valence-corrected chi connectivity index (χ4v) is 3.29. The highest BCUT2D eigenvalue weighted by atomic mass is 16.5. The number of ether oxygens (including phenoxy) is 1. The van der Waals surface area contributed by atoms with Gasteiger partial charge in [0, 0.05) is 17.8 Å². The SMILES string of the molecule is COC(=O)c1ccc(NC(=O)c2nc(C(=O)NC(C)(C)C)c3n2CCCC3)cc1. The first-order valence-corrected chi connectivity index (χ1v) is 9.61. The number of rotatable bonds is 4. The summed E-state index contributed by atoms with van der Waals surface area (Å²) in [7, 11) is 1.31. The van der Waals surface area contributed by atoms with Crippen LogP contribution in [0.2, 0.25) is 0 Å². The minimum absolute atomic E-state index is 0.218. The molecular weight excluding hydrogens is 372 g/mol. The topological polar surface area (TPSA) is 102 Å². The highest BCUT2D eigenvalue weighted by Crippen LogP contribution is 2.22. The Balaban J connectivity index is 1.85. The second-order valence-electron chi connectivity index (χ2n) is 8.07. The summed E-state index contributed by atoms with van der Waals surface area (Å²) in [5.41, 5.74) is 1.63. The van der Waals surface area contributed by atoms with E-state index in [2.05, 4.69) is 20.4 Å². The molecule has 154 valence electrons. The number of aromatic nitrogens is 2. The lowest BCUT2D eigenvalue weighted by Gasteiger charge is -2.21. The van der Waals surface area contributed by atoms with Crippen molar-refractivity contribution in [2.75, 3.05) is 12.4 Å². The fraction of sp³-hybridized carbons (Fsp3) is 0.429. The van der Waals surface area contributed by atoms with E-state index in [1.54, 1.807) is 24.3 Å². The Morgan fingerprint density at radius 2 is 1.76 bits per heavy atom. The Morgan fingerprint density at radius 1 is 1.07 bits per heavy atom. The highest BCUT2D eigenvalue weighted by Gasteiger charge is 2.29. The number of nitrogens with zero attached hydrogens (tertiary/aromatic N) is 2. The zero-order chi connectivity index (χ0) is 21.2. The van der Waals surface area contributed by atoms with Gasteiger partial charge in [0.05, 0.1) is 18.4 Å². The Kier molecular flexibility index (Phi) is 5.72. The Labute approximate surface area is 169 Å². The molecule has 0 atom stereocenters. The standard InChI is InChI=1S/C21H26N4O4/c1-21(2,3)24-18(26)16-15-7-5-6-12-25(15)17(23-16)19(27)22-14-10-8-13(9-11-14)20(28)29-4/h8-11H,5-7,12H2,1-4H3,(H,22,27)(H,24,26).